The molecule has 0 spiro atoms. The third-order valence-corrected chi connectivity index (χ3v) is 4.67. The minimum atomic E-state index is -1.49. The summed E-state index contributed by atoms with van der Waals surface area (Å²) >= 11 is 0. The lowest BCUT2D eigenvalue weighted by Gasteiger charge is -2.34. The van der Waals surface area contributed by atoms with Crippen LogP contribution in [0.4, 0.5) is 0 Å². The zero-order valence-electron chi connectivity index (χ0n) is 14.2. The van der Waals surface area contributed by atoms with E-state index in [4.69, 9.17) is 4.74 Å². The van der Waals surface area contributed by atoms with Gasteiger partial charge < -0.3 is 9.84 Å². The summed E-state index contributed by atoms with van der Waals surface area (Å²) in [4.78, 5) is 14.4. The van der Waals surface area contributed by atoms with Gasteiger partial charge in [-0.2, -0.15) is 0 Å². The number of ether oxygens (including phenoxy) is 1. The van der Waals surface area contributed by atoms with E-state index in [-0.39, 0.29) is 12.5 Å². The van der Waals surface area contributed by atoms with Gasteiger partial charge in [-0.25, -0.2) is 0 Å². The fraction of sp³-hybridized carbons (Fsp3) is 0.136. The van der Waals surface area contributed by atoms with Crippen LogP contribution in [0.1, 0.15) is 21.5 Å². The van der Waals surface area contributed by atoms with E-state index in [9.17, 15) is 9.90 Å². The average Bonchev–Trinajstić information content (AvgIpc) is 2.93. The molecule has 1 amide bonds. The van der Waals surface area contributed by atoms with Crippen LogP contribution in [0.5, 0.6) is 5.75 Å². The Kier molecular flexibility index (Phi) is 4.19. The Bertz CT molecular complexity index is 911. The highest BCUT2D eigenvalue weighted by atomic mass is 16.5. The molecule has 4 heteroatoms. The number of fused-ring (bicyclic) bond motifs is 1. The second kappa shape index (κ2) is 6.65. The number of hydrogen-bond donors (Lipinski definition) is 1. The van der Waals surface area contributed by atoms with Crippen LogP contribution in [0.25, 0.3) is 0 Å². The molecule has 0 aliphatic carbocycles. The van der Waals surface area contributed by atoms with Gasteiger partial charge in [0.05, 0.1) is 6.54 Å². The highest BCUT2D eigenvalue weighted by Gasteiger charge is 2.49. The van der Waals surface area contributed by atoms with E-state index < -0.39 is 5.72 Å². The van der Waals surface area contributed by atoms with Gasteiger partial charge in [-0.15, -0.1) is 0 Å². The molecular weight excluding hydrogens is 326 g/mol. The Labute approximate surface area is 152 Å². The Morgan fingerprint density at radius 2 is 1.46 bits per heavy atom. The lowest BCUT2D eigenvalue weighted by Crippen LogP contribution is -2.46. The van der Waals surface area contributed by atoms with Gasteiger partial charge in [0.25, 0.3) is 5.91 Å². The molecule has 0 saturated carbocycles. The summed E-state index contributed by atoms with van der Waals surface area (Å²) in [6.45, 7) is 0.562. The fourth-order valence-corrected chi connectivity index (χ4v) is 3.43. The number of para-hydroxylation sites is 1. The minimum Gasteiger partial charge on any atom is -0.492 e. The first-order valence-electron chi connectivity index (χ1n) is 8.58. The molecule has 1 atom stereocenters. The monoisotopic (exact) mass is 345 g/mol. The predicted molar refractivity (Wildman–Crippen MR) is 98.9 cm³/mol. The minimum absolute atomic E-state index is 0.191. The molecule has 0 fully saturated rings. The normalized spacial score (nSPS) is 18.7. The van der Waals surface area contributed by atoms with E-state index in [1.54, 1.807) is 12.1 Å². The summed E-state index contributed by atoms with van der Waals surface area (Å²) in [5.74, 6) is 0.545. The molecule has 0 saturated heterocycles. The third kappa shape index (κ3) is 2.65. The molecule has 0 aromatic heterocycles. The Balaban J connectivity index is 1.65. The molecule has 1 heterocycles. The summed E-state index contributed by atoms with van der Waals surface area (Å²) in [6, 6.07) is 25.9. The summed E-state index contributed by atoms with van der Waals surface area (Å²) < 4.78 is 5.74. The lowest BCUT2D eigenvalue weighted by molar-refractivity contribution is -0.0538. The Morgan fingerprint density at radius 1 is 0.846 bits per heavy atom. The van der Waals surface area contributed by atoms with Crippen LogP contribution in [0.15, 0.2) is 84.9 Å². The van der Waals surface area contributed by atoms with Crippen LogP contribution in [-0.4, -0.2) is 29.1 Å². The lowest BCUT2D eigenvalue weighted by atomic mass is 9.94. The molecule has 4 rings (SSSR count). The van der Waals surface area contributed by atoms with Gasteiger partial charge in [0, 0.05) is 16.7 Å². The molecule has 1 aliphatic rings. The van der Waals surface area contributed by atoms with E-state index in [1.165, 1.54) is 4.90 Å². The van der Waals surface area contributed by atoms with Crippen molar-refractivity contribution in [2.24, 2.45) is 0 Å². The standard InChI is InChI=1S/C22H19NO3/c24-21-19-13-7-8-14-20(19)22(25,17-9-3-1-4-10-17)23(21)15-16-26-18-11-5-2-6-12-18/h1-14,25H,15-16H2/t22-/m0/s1. The fourth-order valence-electron chi connectivity index (χ4n) is 3.43. The van der Waals surface area contributed by atoms with E-state index in [0.29, 0.717) is 23.3 Å². The maximum Gasteiger partial charge on any atom is 0.257 e. The van der Waals surface area contributed by atoms with Crippen molar-refractivity contribution in [2.75, 3.05) is 13.2 Å². The molecule has 4 nitrogen and oxygen atoms in total. The number of carbonyl (C=O) groups excluding carboxylic acids is 1. The van der Waals surface area contributed by atoms with Gasteiger partial charge in [0.15, 0.2) is 5.72 Å². The third-order valence-electron chi connectivity index (χ3n) is 4.67. The van der Waals surface area contributed by atoms with Gasteiger partial charge in [-0.3, -0.25) is 9.69 Å². The molecule has 26 heavy (non-hydrogen) atoms. The van der Waals surface area contributed by atoms with Crippen LogP contribution in [-0.2, 0) is 5.72 Å². The second-order valence-corrected chi connectivity index (χ2v) is 6.20. The molecular formula is C22H19NO3. The molecule has 3 aromatic rings. The quantitative estimate of drug-likeness (QED) is 0.771. The van der Waals surface area contributed by atoms with Gasteiger partial charge in [0.1, 0.15) is 12.4 Å². The Hall–Kier alpha value is -3.11. The predicted octanol–water partition coefficient (Wildman–Crippen LogP) is 3.41. The zero-order valence-corrected chi connectivity index (χ0v) is 14.2. The van der Waals surface area contributed by atoms with Crippen molar-refractivity contribution in [3.05, 3.63) is 102 Å². The van der Waals surface area contributed by atoms with Crippen molar-refractivity contribution < 1.29 is 14.6 Å². The maximum absolute atomic E-state index is 12.9. The van der Waals surface area contributed by atoms with Crippen LogP contribution >= 0.6 is 0 Å². The number of nitrogens with zero attached hydrogens (tertiary/aromatic N) is 1. The largest absolute Gasteiger partial charge is 0.492 e. The van der Waals surface area contributed by atoms with E-state index in [1.807, 2.05) is 72.8 Å². The van der Waals surface area contributed by atoms with Crippen molar-refractivity contribution >= 4 is 5.91 Å². The molecule has 130 valence electrons. The summed E-state index contributed by atoms with van der Waals surface area (Å²) in [5, 5.41) is 11.6. The molecule has 0 unspecified atom stereocenters. The number of carbonyl (C=O) groups is 1. The van der Waals surface area contributed by atoms with Crippen molar-refractivity contribution in [3.8, 4) is 5.75 Å². The molecule has 3 aromatic carbocycles. The van der Waals surface area contributed by atoms with Crippen molar-refractivity contribution in [1.29, 1.82) is 0 Å². The number of hydrogen-bond acceptors (Lipinski definition) is 3. The zero-order chi connectivity index (χ0) is 18.0. The Morgan fingerprint density at radius 3 is 2.19 bits per heavy atom. The molecule has 0 radical (unpaired) electrons. The average molecular weight is 345 g/mol. The van der Waals surface area contributed by atoms with Gasteiger partial charge in [-0.05, 0) is 18.2 Å². The van der Waals surface area contributed by atoms with Gasteiger partial charge in [-0.1, -0.05) is 66.7 Å². The summed E-state index contributed by atoms with van der Waals surface area (Å²) in [6.07, 6.45) is 0. The highest BCUT2D eigenvalue weighted by Crippen LogP contribution is 2.41. The first-order chi connectivity index (χ1) is 12.7. The number of benzene rings is 3. The topological polar surface area (TPSA) is 49.8 Å². The van der Waals surface area contributed by atoms with Gasteiger partial charge >= 0.3 is 0 Å². The van der Waals surface area contributed by atoms with Crippen LogP contribution in [0, 0.1) is 0 Å². The van der Waals surface area contributed by atoms with Crippen molar-refractivity contribution in [1.82, 2.24) is 4.90 Å². The van der Waals surface area contributed by atoms with Crippen LogP contribution < -0.4 is 4.74 Å². The van der Waals surface area contributed by atoms with E-state index >= 15 is 0 Å². The van der Waals surface area contributed by atoms with E-state index in [0.717, 1.165) is 5.75 Å². The molecule has 1 N–H and O–H groups in total. The highest BCUT2D eigenvalue weighted by molar-refractivity contribution is 6.00. The number of amides is 1. The summed E-state index contributed by atoms with van der Waals surface area (Å²) in [7, 11) is 0. The molecule has 1 aliphatic heterocycles. The van der Waals surface area contributed by atoms with Gasteiger partial charge in [0.2, 0.25) is 0 Å². The van der Waals surface area contributed by atoms with Crippen molar-refractivity contribution in [3.63, 3.8) is 0 Å². The second-order valence-electron chi connectivity index (χ2n) is 6.20. The first kappa shape index (κ1) is 16.4. The maximum atomic E-state index is 12.9. The summed E-state index contributed by atoms with van der Waals surface area (Å²) in [5.41, 5.74) is 0.308. The number of rotatable bonds is 5. The van der Waals surface area contributed by atoms with E-state index in [2.05, 4.69) is 0 Å². The van der Waals surface area contributed by atoms with Crippen LogP contribution in [0.3, 0.4) is 0 Å². The van der Waals surface area contributed by atoms with Crippen LogP contribution in [0.2, 0.25) is 0 Å². The van der Waals surface area contributed by atoms with Crippen molar-refractivity contribution in [2.45, 2.75) is 5.72 Å². The molecule has 0 bridgehead atoms. The number of aliphatic hydroxyl groups is 1. The smallest absolute Gasteiger partial charge is 0.257 e. The SMILES string of the molecule is O=C1c2ccccc2[C@@](O)(c2ccccc2)N1CCOc1ccccc1. The first-order valence-corrected chi connectivity index (χ1v) is 8.58.